The molecule has 1 N–H and O–H groups in total. The summed E-state index contributed by atoms with van der Waals surface area (Å²) in [5.74, 6) is 0. The van der Waals surface area contributed by atoms with E-state index in [1.165, 1.54) is 97.6 Å². The zero-order valence-corrected chi connectivity index (χ0v) is 48.7. The molecule has 0 radical (unpaired) electrons. The second kappa shape index (κ2) is 41.5. The lowest BCUT2D eigenvalue weighted by Crippen LogP contribution is -2.47. The first-order valence-corrected chi connectivity index (χ1v) is 27.4. The van der Waals surface area contributed by atoms with Gasteiger partial charge >= 0.3 is 0 Å². The predicted octanol–water partition coefficient (Wildman–Crippen LogP) is 9.87. The highest BCUT2D eigenvalue weighted by atomic mass is 16.5. The lowest BCUT2D eigenvalue weighted by atomic mass is 10.1. The largest absolute Gasteiger partial charge is 0.379 e. The SMILES string of the molecule is C.CC(C)N(C)C.CC(C)N1CCCC1.CC(C)N1CCCCC1.CC(C)N1CCN(C)CC1.CC(C)N1CCNCC1.CC(C)N1CCOCC1.CC(C)n1ccnc1.Cc1cn(C(C)C)cn1. The summed E-state index contributed by atoms with van der Waals surface area (Å²) in [4.78, 5) is 25.1. The van der Waals surface area contributed by atoms with Crippen LogP contribution in [0.1, 0.15) is 168 Å². The normalized spacial score (nSPS) is 18.7. The molecule has 2 aromatic rings. The number of rotatable bonds is 8. The first kappa shape index (κ1) is 69.1. The maximum Gasteiger partial charge on any atom is 0.0951 e. The fraction of sp³-hybridized carbons (Fsp3) is 0.893. The number of likely N-dealkylation sites (N-methyl/N-ethyl adjacent to an activating group) is 1. The monoisotopic (exact) mass is 977 g/mol. The molecule has 5 aliphatic heterocycles. The zero-order chi connectivity index (χ0) is 51.6. The number of aryl methyl sites for hydroxylation is 1. The number of likely N-dealkylation sites (tertiary alicyclic amines) is 2. The summed E-state index contributed by atoms with van der Waals surface area (Å²) in [5, 5.41) is 3.33. The van der Waals surface area contributed by atoms with Crippen LogP contribution in [0.3, 0.4) is 0 Å². The summed E-state index contributed by atoms with van der Waals surface area (Å²) < 4.78 is 9.36. The Bertz CT molecular complexity index is 1290. The summed E-state index contributed by atoms with van der Waals surface area (Å²) in [7, 11) is 6.34. The van der Waals surface area contributed by atoms with Gasteiger partial charge in [0, 0.05) is 132 Å². The predicted molar refractivity (Wildman–Crippen MR) is 303 cm³/mol. The molecule has 5 aliphatic rings. The van der Waals surface area contributed by atoms with E-state index in [4.69, 9.17) is 4.74 Å². The number of nitrogens with one attached hydrogen (secondary N) is 1. The first-order chi connectivity index (χ1) is 32.1. The van der Waals surface area contributed by atoms with Crippen LogP contribution in [0.25, 0.3) is 0 Å². The molecule has 0 spiro atoms. The van der Waals surface area contributed by atoms with E-state index in [9.17, 15) is 0 Å². The van der Waals surface area contributed by atoms with Crippen molar-refractivity contribution in [3.05, 3.63) is 36.9 Å². The average Bonchev–Trinajstić information content (AvgIpc) is 4.14. The number of morpholine rings is 1. The molecule has 5 fully saturated rings. The molecule has 0 amide bonds. The Labute approximate surface area is 430 Å². The maximum atomic E-state index is 5.21. The number of ether oxygens (including phenoxy) is 1. The van der Waals surface area contributed by atoms with Crippen LogP contribution in [-0.4, -0.2) is 216 Å². The van der Waals surface area contributed by atoms with Crippen LogP contribution in [-0.2, 0) is 4.74 Å². The van der Waals surface area contributed by atoms with E-state index in [1.807, 2.05) is 32.0 Å². The number of piperidine rings is 1. The lowest BCUT2D eigenvalue weighted by molar-refractivity contribution is 0.0238. The van der Waals surface area contributed by atoms with Crippen molar-refractivity contribution in [1.82, 2.24) is 58.7 Å². The number of imidazole rings is 2. The van der Waals surface area contributed by atoms with Crippen LogP contribution in [0, 0.1) is 6.92 Å². The van der Waals surface area contributed by atoms with Crippen molar-refractivity contribution in [2.24, 2.45) is 0 Å². The van der Waals surface area contributed by atoms with E-state index in [-0.39, 0.29) is 7.43 Å². The van der Waals surface area contributed by atoms with Crippen molar-refractivity contribution in [3.63, 3.8) is 0 Å². The molecular weight excluding hydrogens is 857 g/mol. The Hall–Kier alpha value is -1.94. The molecule has 13 heteroatoms. The van der Waals surface area contributed by atoms with Crippen molar-refractivity contribution >= 4 is 0 Å². The third-order valence-corrected chi connectivity index (χ3v) is 13.4. The molecule has 7 rings (SSSR count). The van der Waals surface area contributed by atoms with Crippen LogP contribution in [0.15, 0.2) is 31.2 Å². The fourth-order valence-electron chi connectivity index (χ4n) is 7.62. The van der Waals surface area contributed by atoms with Crippen molar-refractivity contribution in [3.8, 4) is 0 Å². The number of hydrogen-bond acceptors (Lipinski definition) is 11. The van der Waals surface area contributed by atoms with E-state index in [0.29, 0.717) is 24.2 Å². The average molecular weight is 978 g/mol. The maximum absolute atomic E-state index is 5.21. The summed E-state index contributed by atoms with van der Waals surface area (Å²) in [6.07, 6.45) is 16.6. The third-order valence-electron chi connectivity index (χ3n) is 13.4. The Morgan fingerprint density at radius 1 is 0.493 bits per heavy atom. The number of nitrogens with zero attached hydrogens (tertiary/aromatic N) is 11. The first-order valence-electron chi connectivity index (χ1n) is 27.4. The molecular formula is C56H120N12O. The van der Waals surface area contributed by atoms with Gasteiger partial charge in [0.2, 0.25) is 0 Å². The molecule has 0 aromatic carbocycles. The standard InChI is InChI=1S/C8H18N2.C8H17N.C7H12N2.C7H16N2.C7H15NO.C7H15N.C6H10N2.C5H13N.CH4/c1-8(2)10-6-4-9(3)5-7-10;1-8(2)9-6-4-3-5-7-9;1-6(2)9-4-7(3)8-5-9;1-7(2)9-5-3-8-4-6-9;1-7(2)8-3-5-9-6-4-8;1-7(2)8-5-3-4-6-8;1-6(2)8-4-3-7-5-8;1-5(2)6(3)4;/h8H,4-7H2,1-3H3;8H,3-7H2,1-2H3;4-6H,1-3H3;7-8H,3-6H2,1-2H3;7H,3-6H2,1-2H3;7H,3-6H2,1-2H3;3-6H,1-2H3;5H,1-4H3;1H4. The van der Waals surface area contributed by atoms with Gasteiger partial charge in [0.1, 0.15) is 0 Å². The number of hydrogen-bond donors (Lipinski definition) is 1. The highest BCUT2D eigenvalue weighted by molar-refractivity contribution is 4.93. The minimum absolute atomic E-state index is 0. The van der Waals surface area contributed by atoms with Crippen LogP contribution in [0.2, 0.25) is 0 Å². The molecule has 7 heterocycles. The highest BCUT2D eigenvalue weighted by Crippen LogP contribution is 2.12. The van der Waals surface area contributed by atoms with Gasteiger partial charge in [0.15, 0.2) is 0 Å². The van der Waals surface area contributed by atoms with Gasteiger partial charge in [-0.1, -0.05) is 13.8 Å². The van der Waals surface area contributed by atoms with E-state index in [0.717, 1.165) is 69.3 Å². The zero-order valence-electron chi connectivity index (χ0n) is 48.7. The molecule has 5 saturated heterocycles. The molecule has 0 atom stereocenters. The summed E-state index contributed by atoms with van der Waals surface area (Å²) >= 11 is 0. The van der Waals surface area contributed by atoms with Crippen LogP contribution >= 0.6 is 0 Å². The van der Waals surface area contributed by atoms with E-state index in [1.54, 1.807) is 6.20 Å². The minimum Gasteiger partial charge on any atom is -0.379 e. The van der Waals surface area contributed by atoms with Gasteiger partial charge in [0.25, 0.3) is 0 Å². The molecule has 0 aliphatic carbocycles. The van der Waals surface area contributed by atoms with Crippen LogP contribution < -0.4 is 5.32 Å². The topological polar surface area (TPSA) is 79.6 Å². The Morgan fingerprint density at radius 3 is 1.13 bits per heavy atom. The van der Waals surface area contributed by atoms with Gasteiger partial charge < -0.3 is 38.8 Å². The quantitative estimate of drug-likeness (QED) is 0.275. The molecule has 69 heavy (non-hydrogen) atoms. The summed E-state index contributed by atoms with van der Waals surface area (Å²) in [6.45, 7) is 56.6. The smallest absolute Gasteiger partial charge is 0.0951 e. The number of piperazine rings is 2. The molecule has 2 aromatic heterocycles. The van der Waals surface area contributed by atoms with Crippen LogP contribution in [0.4, 0.5) is 0 Å². The Morgan fingerprint density at radius 2 is 0.870 bits per heavy atom. The second-order valence-electron chi connectivity index (χ2n) is 21.8. The Balaban J connectivity index is 0. The fourth-order valence-corrected chi connectivity index (χ4v) is 7.62. The molecule has 0 bridgehead atoms. The highest BCUT2D eigenvalue weighted by Gasteiger charge is 2.16. The molecule has 13 nitrogen and oxygen atoms in total. The molecule has 0 saturated carbocycles. The van der Waals surface area contributed by atoms with E-state index < -0.39 is 0 Å². The van der Waals surface area contributed by atoms with Crippen LogP contribution in [0.5, 0.6) is 0 Å². The van der Waals surface area contributed by atoms with Crippen molar-refractivity contribution in [2.75, 3.05) is 126 Å². The second-order valence-corrected chi connectivity index (χ2v) is 21.8. The Kier molecular flexibility index (Phi) is 41.6. The van der Waals surface area contributed by atoms with Crippen molar-refractivity contribution < 1.29 is 4.74 Å². The van der Waals surface area contributed by atoms with Gasteiger partial charge in [-0.15, -0.1) is 0 Å². The van der Waals surface area contributed by atoms with E-state index >= 15 is 0 Å². The molecule has 410 valence electrons. The van der Waals surface area contributed by atoms with Gasteiger partial charge in [-0.2, -0.15) is 0 Å². The molecule has 0 unspecified atom stereocenters. The van der Waals surface area contributed by atoms with E-state index in [2.05, 4.69) is 191 Å². The summed E-state index contributed by atoms with van der Waals surface area (Å²) in [6, 6.07) is 5.45. The van der Waals surface area contributed by atoms with Crippen molar-refractivity contribution in [2.45, 2.75) is 206 Å². The number of aromatic nitrogens is 4. The van der Waals surface area contributed by atoms with Gasteiger partial charge in [-0.05, 0) is 191 Å². The van der Waals surface area contributed by atoms with Gasteiger partial charge in [-0.3, -0.25) is 14.7 Å². The van der Waals surface area contributed by atoms with Gasteiger partial charge in [-0.25, -0.2) is 9.97 Å². The van der Waals surface area contributed by atoms with Gasteiger partial charge in [0.05, 0.1) is 31.6 Å². The minimum atomic E-state index is 0. The summed E-state index contributed by atoms with van der Waals surface area (Å²) in [5.41, 5.74) is 1.09. The lowest BCUT2D eigenvalue weighted by Gasteiger charge is -2.34. The third kappa shape index (κ3) is 35.8. The van der Waals surface area contributed by atoms with Crippen molar-refractivity contribution in [1.29, 1.82) is 0 Å².